The Balaban J connectivity index is 2.19. The van der Waals surface area contributed by atoms with Gasteiger partial charge in [0.25, 0.3) is 0 Å². The zero-order valence-electron chi connectivity index (χ0n) is 17.2. The van der Waals surface area contributed by atoms with E-state index >= 15 is 0 Å². The Labute approximate surface area is 162 Å². The van der Waals surface area contributed by atoms with E-state index in [9.17, 15) is 9.90 Å². The summed E-state index contributed by atoms with van der Waals surface area (Å²) < 4.78 is 7.99. The predicted octanol–water partition coefficient (Wildman–Crippen LogP) is 1.14. The van der Waals surface area contributed by atoms with Crippen LogP contribution in [-0.4, -0.2) is 81.2 Å². The van der Waals surface area contributed by atoms with Crippen LogP contribution in [0, 0.1) is 5.92 Å². The number of likely N-dealkylation sites (N-methyl/N-ethyl adjacent to an activating group) is 1. The minimum Gasteiger partial charge on any atom is -0.394 e. The fourth-order valence-electron chi connectivity index (χ4n) is 3.47. The van der Waals surface area contributed by atoms with Gasteiger partial charge < -0.3 is 19.6 Å². The monoisotopic (exact) mass is 381 g/mol. The third kappa shape index (κ3) is 6.55. The normalized spacial score (nSPS) is 23.6. The molecule has 0 unspecified atom stereocenters. The van der Waals surface area contributed by atoms with E-state index in [4.69, 9.17) is 4.74 Å². The van der Waals surface area contributed by atoms with Gasteiger partial charge in [0.1, 0.15) is 5.69 Å². The number of aromatic nitrogens is 3. The van der Waals surface area contributed by atoms with E-state index in [-0.39, 0.29) is 30.6 Å². The number of hydrogen-bond acceptors (Lipinski definition) is 6. The third-order valence-corrected chi connectivity index (χ3v) is 5.14. The van der Waals surface area contributed by atoms with Crippen molar-refractivity contribution in [1.29, 1.82) is 0 Å². The van der Waals surface area contributed by atoms with Crippen molar-refractivity contribution < 1.29 is 14.6 Å². The molecule has 0 saturated heterocycles. The molecule has 27 heavy (non-hydrogen) atoms. The van der Waals surface area contributed by atoms with Crippen LogP contribution in [0.2, 0.25) is 0 Å². The van der Waals surface area contributed by atoms with E-state index in [2.05, 4.69) is 36.1 Å². The summed E-state index contributed by atoms with van der Waals surface area (Å²) in [5.41, 5.74) is 0.816. The number of amides is 1. The molecule has 154 valence electrons. The smallest absolute Gasteiger partial charge is 0.222 e. The zero-order valence-corrected chi connectivity index (χ0v) is 17.2. The van der Waals surface area contributed by atoms with Gasteiger partial charge in [0.15, 0.2) is 0 Å². The lowest BCUT2D eigenvalue weighted by Gasteiger charge is -2.35. The van der Waals surface area contributed by atoms with E-state index in [0.717, 1.165) is 25.2 Å². The molecule has 1 amide bonds. The van der Waals surface area contributed by atoms with Crippen molar-refractivity contribution in [1.82, 2.24) is 24.8 Å². The van der Waals surface area contributed by atoms with E-state index in [1.807, 2.05) is 18.0 Å². The number of hydrogen-bond donors (Lipinski definition) is 1. The highest BCUT2D eigenvalue weighted by Crippen LogP contribution is 2.17. The molecule has 0 saturated carbocycles. The minimum atomic E-state index is -0.198. The molecular formula is C19H35N5O3. The molecule has 8 heteroatoms. The SMILES string of the molecule is CCCN(C)C[C@H]1OCc2cn(nn2)CCCC(=O)N([C@H](C)CO)C[C@H]1C. The van der Waals surface area contributed by atoms with E-state index < -0.39 is 0 Å². The van der Waals surface area contributed by atoms with Gasteiger partial charge in [-0.25, -0.2) is 0 Å². The number of aryl methyl sites for hydroxylation is 1. The second kappa shape index (κ2) is 10.7. The highest BCUT2D eigenvalue weighted by atomic mass is 16.5. The summed E-state index contributed by atoms with van der Waals surface area (Å²) in [7, 11) is 2.09. The van der Waals surface area contributed by atoms with Gasteiger partial charge in [-0.2, -0.15) is 0 Å². The molecule has 1 N–H and O–H groups in total. The second-order valence-electron chi connectivity index (χ2n) is 7.74. The third-order valence-electron chi connectivity index (χ3n) is 5.14. The summed E-state index contributed by atoms with van der Waals surface area (Å²) in [5, 5.41) is 17.9. The van der Waals surface area contributed by atoms with Crippen molar-refractivity contribution in [2.45, 2.75) is 65.3 Å². The summed E-state index contributed by atoms with van der Waals surface area (Å²) in [6.07, 6.45) is 4.09. The summed E-state index contributed by atoms with van der Waals surface area (Å²) in [4.78, 5) is 16.8. The van der Waals surface area contributed by atoms with Crippen molar-refractivity contribution in [3.05, 3.63) is 11.9 Å². The molecule has 1 aliphatic heterocycles. The first-order chi connectivity index (χ1) is 12.9. The summed E-state index contributed by atoms with van der Waals surface area (Å²) in [6, 6.07) is -0.198. The lowest BCUT2D eigenvalue weighted by Crippen LogP contribution is -2.47. The first kappa shape index (κ1) is 21.8. The van der Waals surface area contributed by atoms with Crippen LogP contribution in [0.15, 0.2) is 6.20 Å². The van der Waals surface area contributed by atoms with Gasteiger partial charge in [-0.05, 0) is 33.4 Å². The molecule has 1 aromatic rings. The largest absolute Gasteiger partial charge is 0.394 e. The molecule has 1 aliphatic rings. The maximum Gasteiger partial charge on any atom is 0.222 e. The van der Waals surface area contributed by atoms with Gasteiger partial charge >= 0.3 is 0 Å². The summed E-state index contributed by atoms with van der Waals surface area (Å²) in [6.45, 7) is 9.57. The van der Waals surface area contributed by atoms with Crippen LogP contribution in [0.5, 0.6) is 0 Å². The number of aliphatic hydroxyl groups is 1. The minimum absolute atomic E-state index is 0.0337. The Kier molecular flexibility index (Phi) is 8.66. The average molecular weight is 382 g/mol. The molecule has 0 aliphatic carbocycles. The first-order valence-corrected chi connectivity index (χ1v) is 10.0. The van der Waals surface area contributed by atoms with E-state index in [0.29, 0.717) is 32.5 Å². The number of nitrogens with zero attached hydrogens (tertiary/aromatic N) is 5. The topological polar surface area (TPSA) is 83.7 Å². The fourth-order valence-corrected chi connectivity index (χ4v) is 3.47. The van der Waals surface area contributed by atoms with Crippen molar-refractivity contribution in [3.8, 4) is 0 Å². The first-order valence-electron chi connectivity index (χ1n) is 10.0. The number of aliphatic hydroxyl groups excluding tert-OH is 1. The van der Waals surface area contributed by atoms with Crippen molar-refractivity contribution in [2.24, 2.45) is 5.92 Å². The molecule has 2 rings (SSSR count). The molecule has 0 fully saturated rings. The molecular weight excluding hydrogens is 346 g/mol. The lowest BCUT2D eigenvalue weighted by molar-refractivity contribution is -0.136. The standard InChI is InChI=1S/C19H35N5O3/c1-5-8-22(4)12-18-15(2)10-24(16(3)13-25)19(26)7-6-9-23-11-17(14-27-18)20-21-23/h11,15-16,18,25H,5-10,12-14H2,1-4H3/t15-,16-,18-/m1/s1. The van der Waals surface area contributed by atoms with Gasteiger partial charge in [-0.3, -0.25) is 9.48 Å². The molecule has 0 spiro atoms. The number of carbonyl (C=O) groups excluding carboxylic acids is 1. The molecule has 3 atom stereocenters. The number of carbonyl (C=O) groups is 1. The highest BCUT2D eigenvalue weighted by molar-refractivity contribution is 5.76. The van der Waals surface area contributed by atoms with E-state index in [1.54, 1.807) is 4.68 Å². The van der Waals surface area contributed by atoms with Crippen LogP contribution in [0.3, 0.4) is 0 Å². The van der Waals surface area contributed by atoms with E-state index in [1.165, 1.54) is 0 Å². The summed E-state index contributed by atoms with van der Waals surface area (Å²) in [5.74, 6) is 0.210. The van der Waals surface area contributed by atoms with Crippen LogP contribution >= 0.6 is 0 Å². The van der Waals surface area contributed by atoms with Crippen molar-refractivity contribution in [3.63, 3.8) is 0 Å². The Bertz CT molecular complexity index is 579. The molecule has 2 heterocycles. The number of rotatable bonds is 6. The average Bonchev–Trinajstić information content (AvgIpc) is 3.09. The molecule has 0 aromatic carbocycles. The predicted molar refractivity (Wildman–Crippen MR) is 103 cm³/mol. The summed E-state index contributed by atoms with van der Waals surface area (Å²) >= 11 is 0. The fraction of sp³-hybridized carbons (Fsp3) is 0.842. The maximum absolute atomic E-state index is 12.8. The Morgan fingerprint density at radius 2 is 2.26 bits per heavy atom. The number of ether oxygens (including phenoxy) is 1. The maximum atomic E-state index is 12.8. The van der Waals surface area contributed by atoms with Crippen molar-refractivity contribution >= 4 is 5.91 Å². The molecule has 8 nitrogen and oxygen atoms in total. The van der Waals surface area contributed by atoms with Gasteiger partial charge in [0, 0.05) is 32.0 Å². The molecule has 2 bridgehead atoms. The lowest BCUT2D eigenvalue weighted by atomic mass is 10.0. The van der Waals surface area contributed by atoms with Gasteiger partial charge in [0.2, 0.25) is 5.91 Å². The second-order valence-corrected chi connectivity index (χ2v) is 7.74. The molecule has 0 radical (unpaired) electrons. The molecule has 1 aromatic heterocycles. The Morgan fingerprint density at radius 3 is 2.96 bits per heavy atom. The van der Waals surface area contributed by atoms with Gasteiger partial charge in [-0.1, -0.05) is 19.1 Å². The Hall–Kier alpha value is -1.51. The van der Waals surface area contributed by atoms with Gasteiger partial charge in [-0.15, -0.1) is 5.10 Å². The zero-order chi connectivity index (χ0) is 19.8. The van der Waals surface area contributed by atoms with Crippen molar-refractivity contribution in [2.75, 3.05) is 33.3 Å². The highest BCUT2D eigenvalue weighted by Gasteiger charge is 2.27. The van der Waals surface area contributed by atoms with Crippen LogP contribution in [-0.2, 0) is 22.7 Å². The van der Waals surface area contributed by atoms with Crippen LogP contribution < -0.4 is 0 Å². The number of fused-ring (bicyclic) bond motifs is 2. The van der Waals surface area contributed by atoms with Crippen LogP contribution in [0.4, 0.5) is 0 Å². The Morgan fingerprint density at radius 1 is 1.48 bits per heavy atom. The van der Waals surface area contributed by atoms with Crippen LogP contribution in [0.1, 0.15) is 45.7 Å². The van der Waals surface area contributed by atoms with Crippen LogP contribution in [0.25, 0.3) is 0 Å². The van der Waals surface area contributed by atoms with Gasteiger partial charge in [0.05, 0.1) is 31.6 Å². The quantitative estimate of drug-likeness (QED) is 0.796.